The van der Waals surface area contributed by atoms with Gasteiger partial charge < -0.3 is 5.32 Å². The van der Waals surface area contributed by atoms with Crippen molar-refractivity contribution in [2.75, 3.05) is 0 Å². The van der Waals surface area contributed by atoms with Crippen LogP contribution in [0.25, 0.3) is 0 Å². The minimum atomic E-state index is -0.246. The summed E-state index contributed by atoms with van der Waals surface area (Å²) in [7, 11) is 0. The lowest BCUT2D eigenvalue weighted by Gasteiger charge is -2.19. The van der Waals surface area contributed by atoms with E-state index in [1.54, 1.807) is 30.7 Å². The number of aromatic nitrogens is 2. The Morgan fingerprint density at radius 3 is 2.73 bits per heavy atom. The first-order valence-electron chi connectivity index (χ1n) is 7.01. The molecule has 22 heavy (non-hydrogen) atoms. The number of amides is 1. The minimum Gasteiger partial charge on any atom is -0.351 e. The largest absolute Gasteiger partial charge is 0.351 e. The van der Waals surface area contributed by atoms with Gasteiger partial charge in [-0.1, -0.05) is 43.3 Å². The molecule has 2 rings (SSSR count). The van der Waals surface area contributed by atoms with E-state index in [-0.39, 0.29) is 17.1 Å². The lowest BCUT2D eigenvalue weighted by molar-refractivity contribution is -0.121. The van der Waals surface area contributed by atoms with E-state index in [1.165, 1.54) is 11.8 Å². The SMILES string of the molecule is CC(C)C(Sc1ncccc1Cl)C(=O)NCc1cccnc1. The Morgan fingerprint density at radius 1 is 1.32 bits per heavy atom. The number of nitrogens with zero attached hydrogens (tertiary/aromatic N) is 2. The second-order valence-corrected chi connectivity index (χ2v) is 6.69. The van der Waals surface area contributed by atoms with E-state index in [0.717, 1.165) is 5.56 Å². The lowest BCUT2D eigenvalue weighted by Crippen LogP contribution is -2.35. The van der Waals surface area contributed by atoms with Crippen LogP contribution in [-0.4, -0.2) is 21.1 Å². The zero-order chi connectivity index (χ0) is 15.9. The van der Waals surface area contributed by atoms with Crippen molar-refractivity contribution in [1.29, 1.82) is 0 Å². The maximum Gasteiger partial charge on any atom is 0.234 e. The molecular weight excluding hydrogens is 318 g/mol. The van der Waals surface area contributed by atoms with Crippen molar-refractivity contribution in [1.82, 2.24) is 15.3 Å². The Kier molecular flexibility index (Phi) is 6.21. The molecule has 0 aromatic carbocycles. The molecule has 0 aliphatic rings. The summed E-state index contributed by atoms with van der Waals surface area (Å²) in [4.78, 5) is 20.7. The van der Waals surface area contributed by atoms with Crippen molar-refractivity contribution in [3.05, 3.63) is 53.4 Å². The first-order chi connectivity index (χ1) is 10.6. The molecule has 2 aromatic rings. The summed E-state index contributed by atoms with van der Waals surface area (Å²) in [6.45, 7) is 4.49. The van der Waals surface area contributed by atoms with Crippen LogP contribution < -0.4 is 5.32 Å². The van der Waals surface area contributed by atoms with Gasteiger partial charge in [0.05, 0.1) is 10.3 Å². The molecule has 0 bridgehead atoms. The predicted molar refractivity (Wildman–Crippen MR) is 89.8 cm³/mol. The normalized spacial score (nSPS) is 12.2. The molecule has 0 saturated heterocycles. The number of carbonyl (C=O) groups is 1. The van der Waals surface area contributed by atoms with Crippen LogP contribution in [-0.2, 0) is 11.3 Å². The smallest absolute Gasteiger partial charge is 0.234 e. The van der Waals surface area contributed by atoms with Gasteiger partial charge in [-0.3, -0.25) is 9.78 Å². The maximum absolute atomic E-state index is 12.5. The van der Waals surface area contributed by atoms with Gasteiger partial charge in [-0.05, 0) is 29.7 Å². The topological polar surface area (TPSA) is 54.9 Å². The first-order valence-corrected chi connectivity index (χ1v) is 8.27. The molecule has 0 aliphatic heterocycles. The molecule has 0 radical (unpaired) electrons. The molecule has 0 spiro atoms. The van der Waals surface area contributed by atoms with Crippen LogP contribution in [0.2, 0.25) is 5.02 Å². The molecule has 0 fully saturated rings. The van der Waals surface area contributed by atoms with E-state index in [2.05, 4.69) is 15.3 Å². The van der Waals surface area contributed by atoms with Gasteiger partial charge in [-0.25, -0.2) is 4.98 Å². The molecule has 0 saturated carbocycles. The predicted octanol–water partition coefficient (Wildman–Crippen LogP) is 3.56. The van der Waals surface area contributed by atoms with Crippen molar-refractivity contribution in [3.8, 4) is 0 Å². The van der Waals surface area contributed by atoms with Gasteiger partial charge in [-0.15, -0.1) is 0 Å². The lowest BCUT2D eigenvalue weighted by atomic mass is 10.1. The quantitative estimate of drug-likeness (QED) is 0.820. The Labute approximate surface area is 139 Å². The molecule has 116 valence electrons. The Hall–Kier alpha value is -1.59. The molecule has 2 aromatic heterocycles. The summed E-state index contributed by atoms with van der Waals surface area (Å²) >= 11 is 7.52. The number of rotatable bonds is 6. The highest BCUT2D eigenvalue weighted by molar-refractivity contribution is 8.00. The Bertz CT molecular complexity index is 622. The summed E-state index contributed by atoms with van der Waals surface area (Å²) in [5.74, 6) is 0.141. The molecule has 1 atom stereocenters. The van der Waals surface area contributed by atoms with E-state index in [0.29, 0.717) is 16.6 Å². The van der Waals surface area contributed by atoms with Crippen molar-refractivity contribution >= 4 is 29.3 Å². The van der Waals surface area contributed by atoms with E-state index in [1.807, 2.05) is 26.0 Å². The van der Waals surface area contributed by atoms with E-state index in [9.17, 15) is 4.79 Å². The van der Waals surface area contributed by atoms with Crippen LogP contribution in [0.4, 0.5) is 0 Å². The average Bonchev–Trinajstić information content (AvgIpc) is 2.52. The summed E-state index contributed by atoms with van der Waals surface area (Å²) in [6, 6.07) is 7.34. The number of halogens is 1. The Morgan fingerprint density at radius 2 is 2.09 bits per heavy atom. The Balaban J connectivity index is 2.01. The third-order valence-corrected chi connectivity index (χ3v) is 4.99. The third kappa shape index (κ3) is 4.71. The highest BCUT2D eigenvalue weighted by atomic mass is 35.5. The fourth-order valence-electron chi connectivity index (χ4n) is 1.86. The standard InChI is InChI=1S/C16H18ClN3OS/c1-11(2)14(22-16-13(17)6-4-8-19-16)15(21)20-10-12-5-3-7-18-9-12/h3-9,11,14H,10H2,1-2H3,(H,20,21). The zero-order valence-electron chi connectivity index (χ0n) is 12.5. The van der Waals surface area contributed by atoms with Crippen LogP contribution in [0.5, 0.6) is 0 Å². The molecule has 0 aliphatic carbocycles. The molecule has 1 unspecified atom stereocenters. The number of carbonyl (C=O) groups excluding carboxylic acids is 1. The number of hydrogen-bond acceptors (Lipinski definition) is 4. The van der Waals surface area contributed by atoms with Crippen molar-refractivity contribution in [3.63, 3.8) is 0 Å². The number of nitrogens with one attached hydrogen (secondary N) is 1. The van der Waals surface area contributed by atoms with Gasteiger partial charge in [0, 0.05) is 25.1 Å². The van der Waals surface area contributed by atoms with E-state index in [4.69, 9.17) is 11.6 Å². The summed E-state index contributed by atoms with van der Waals surface area (Å²) < 4.78 is 0. The van der Waals surface area contributed by atoms with Crippen LogP contribution in [0.1, 0.15) is 19.4 Å². The first kappa shape index (κ1) is 16.8. The van der Waals surface area contributed by atoms with E-state index < -0.39 is 0 Å². The van der Waals surface area contributed by atoms with Crippen LogP contribution in [0.3, 0.4) is 0 Å². The van der Waals surface area contributed by atoms with Gasteiger partial charge in [0.1, 0.15) is 5.03 Å². The minimum absolute atomic E-state index is 0.0226. The monoisotopic (exact) mass is 335 g/mol. The third-order valence-electron chi connectivity index (χ3n) is 3.02. The van der Waals surface area contributed by atoms with Gasteiger partial charge in [0.2, 0.25) is 5.91 Å². The fourth-order valence-corrected chi connectivity index (χ4v) is 3.12. The number of thioether (sulfide) groups is 1. The van der Waals surface area contributed by atoms with Crippen LogP contribution >= 0.6 is 23.4 Å². The fraction of sp³-hybridized carbons (Fsp3) is 0.312. The highest BCUT2D eigenvalue weighted by Gasteiger charge is 2.24. The van der Waals surface area contributed by atoms with Crippen molar-refractivity contribution < 1.29 is 4.79 Å². The molecule has 2 heterocycles. The molecule has 4 nitrogen and oxygen atoms in total. The summed E-state index contributed by atoms with van der Waals surface area (Å²) in [5.41, 5.74) is 0.972. The second-order valence-electron chi connectivity index (χ2n) is 5.15. The summed E-state index contributed by atoms with van der Waals surface area (Å²) in [5, 5.41) is 3.95. The van der Waals surface area contributed by atoms with Crippen LogP contribution in [0, 0.1) is 5.92 Å². The second kappa shape index (κ2) is 8.15. The molecule has 1 amide bonds. The number of hydrogen-bond donors (Lipinski definition) is 1. The highest BCUT2D eigenvalue weighted by Crippen LogP contribution is 2.31. The summed E-state index contributed by atoms with van der Waals surface area (Å²) in [6.07, 6.45) is 5.13. The molecule has 1 N–H and O–H groups in total. The number of pyridine rings is 2. The van der Waals surface area contributed by atoms with Crippen LogP contribution in [0.15, 0.2) is 47.9 Å². The molecular formula is C16H18ClN3OS. The van der Waals surface area contributed by atoms with Gasteiger partial charge in [-0.2, -0.15) is 0 Å². The van der Waals surface area contributed by atoms with Gasteiger partial charge in [0.15, 0.2) is 0 Å². The van der Waals surface area contributed by atoms with Crippen molar-refractivity contribution in [2.45, 2.75) is 30.7 Å². The zero-order valence-corrected chi connectivity index (χ0v) is 14.1. The average molecular weight is 336 g/mol. The van der Waals surface area contributed by atoms with Gasteiger partial charge >= 0.3 is 0 Å². The molecule has 6 heteroatoms. The van der Waals surface area contributed by atoms with Gasteiger partial charge in [0.25, 0.3) is 0 Å². The van der Waals surface area contributed by atoms with Crippen molar-refractivity contribution in [2.24, 2.45) is 5.92 Å². The van der Waals surface area contributed by atoms with E-state index >= 15 is 0 Å². The maximum atomic E-state index is 12.5.